The molecule has 0 saturated carbocycles. The SMILES string of the molecule is COc1ccc(NC(=O)CSc2ccccc2C(=O)NCc2ccc(CN(C)C)cc2)cc1OC. The van der Waals surface area contributed by atoms with Crippen LogP contribution in [0, 0.1) is 0 Å². The number of benzene rings is 3. The summed E-state index contributed by atoms with van der Waals surface area (Å²) in [5, 5.41) is 5.83. The number of ether oxygens (including phenoxy) is 2. The van der Waals surface area contributed by atoms with Gasteiger partial charge in [-0.3, -0.25) is 9.59 Å². The number of methoxy groups -OCH3 is 2. The van der Waals surface area contributed by atoms with Crippen molar-refractivity contribution in [3.63, 3.8) is 0 Å². The van der Waals surface area contributed by atoms with E-state index in [9.17, 15) is 9.59 Å². The van der Waals surface area contributed by atoms with Gasteiger partial charge in [-0.15, -0.1) is 11.8 Å². The molecule has 0 aliphatic heterocycles. The van der Waals surface area contributed by atoms with Crippen LogP contribution in [0.2, 0.25) is 0 Å². The lowest BCUT2D eigenvalue weighted by Crippen LogP contribution is -2.23. The Balaban J connectivity index is 1.56. The lowest BCUT2D eigenvalue weighted by molar-refractivity contribution is -0.113. The van der Waals surface area contributed by atoms with E-state index in [1.807, 2.05) is 44.4 Å². The molecule has 3 aromatic carbocycles. The number of carbonyl (C=O) groups excluding carboxylic acids is 2. The van der Waals surface area contributed by atoms with Gasteiger partial charge in [0, 0.05) is 29.7 Å². The van der Waals surface area contributed by atoms with Gasteiger partial charge >= 0.3 is 0 Å². The number of hydrogen-bond donors (Lipinski definition) is 2. The normalized spacial score (nSPS) is 10.7. The Kier molecular flexibility index (Phi) is 9.57. The van der Waals surface area contributed by atoms with E-state index in [2.05, 4.69) is 27.7 Å². The third-order valence-corrected chi connectivity index (χ3v) is 6.21. The maximum Gasteiger partial charge on any atom is 0.252 e. The van der Waals surface area contributed by atoms with Gasteiger partial charge in [0.05, 0.1) is 25.5 Å². The second-order valence-corrected chi connectivity index (χ2v) is 9.16. The molecule has 3 rings (SSSR count). The van der Waals surface area contributed by atoms with Crippen molar-refractivity contribution in [2.75, 3.05) is 39.4 Å². The average molecular weight is 494 g/mol. The molecule has 0 aliphatic carbocycles. The van der Waals surface area contributed by atoms with Crippen LogP contribution in [0.25, 0.3) is 0 Å². The van der Waals surface area contributed by atoms with Gasteiger partial charge in [-0.25, -0.2) is 0 Å². The molecule has 7 nitrogen and oxygen atoms in total. The van der Waals surface area contributed by atoms with Crippen LogP contribution in [0.5, 0.6) is 11.5 Å². The topological polar surface area (TPSA) is 79.9 Å². The molecule has 0 aromatic heterocycles. The van der Waals surface area contributed by atoms with E-state index < -0.39 is 0 Å². The second kappa shape index (κ2) is 12.8. The van der Waals surface area contributed by atoms with Crippen LogP contribution in [0.15, 0.2) is 71.6 Å². The zero-order valence-electron chi connectivity index (χ0n) is 20.5. The molecule has 0 heterocycles. The summed E-state index contributed by atoms with van der Waals surface area (Å²) in [5.74, 6) is 0.920. The first-order chi connectivity index (χ1) is 16.9. The van der Waals surface area contributed by atoms with Crippen LogP contribution in [0.1, 0.15) is 21.5 Å². The third kappa shape index (κ3) is 7.77. The highest BCUT2D eigenvalue weighted by Gasteiger charge is 2.14. The summed E-state index contributed by atoms with van der Waals surface area (Å²) in [6.07, 6.45) is 0. The first kappa shape index (κ1) is 26.1. The maximum atomic E-state index is 12.9. The molecule has 0 bridgehead atoms. The van der Waals surface area contributed by atoms with Gasteiger partial charge in [-0.05, 0) is 49.5 Å². The molecule has 2 N–H and O–H groups in total. The van der Waals surface area contributed by atoms with Crippen molar-refractivity contribution in [1.29, 1.82) is 0 Å². The molecule has 8 heteroatoms. The fraction of sp³-hybridized carbons (Fsp3) is 0.259. The van der Waals surface area contributed by atoms with Crippen LogP contribution in [-0.4, -0.2) is 50.8 Å². The quantitative estimate of drug-likeness (QED) is 0.385. The second-order valence-electron chi connectivity index (χ2n) is 8.14. The molecule has 0 saturated heterocycles. The Morgan fingerprint density at radius 2 is 1.57 bits per heavy atom. The molecule has 3 aromatic rings. The monoisotopic (exact) mass is 493 g/mol. The highest BCUT2D eigenvalue weighted by molar-refractivity contribution is 8.00. The average Bonchev–Trinajstić information content (AvgIpc) is 2.86. The minimum absolute atomic E-state index is 0.159. The van der Waals surface area contributed by atoms with Gasteiger partial charge in [0.2, 0.25) is 5.91 Å². The van der Waals surface area contributed by atoms with Crippen molar-refractivity contribution in [1.82, 2.24) is 10.2 Å². The first-order valence-corrected chi connectivity index (χ1v) is 12.1. The summed E-state index contributed by atoms with van der Waals surface area (Å²) in [6, 6.07) is 20.7. The van der Waals surface area contributed by atoms with Gasteiger partial charge in [0.1, 0.15) is 0 Å². The number of thioether (sulfide) groups is 1. The molecule has 184 valence electrons. The molecule has 0 atom stereocenters. The Labute approximate surface area is 210 Å². The van der Waals surface area contributed by atoms with Gasteiger partial charge < -0.3 is 25.0 Å². The molecule has 35 heavy (non-hydrogen) atoms. The summed E-state index contributed by atoms with van der Waals surface area (Å²) in [4.78, 5) is 28.2. The number of nitrogens with zero attached hydrogens (tertiary/aromatic N) is 1. The van der Waals surface area contributed by atoms with Crippen molar-refractivity contribution in [2.24, 2.45) is 0 Å². The summed E-state index contributed by atoms with van der Waals surface area (Å²) in [7, 11) is 7.16. The van der Waals surface area contributed by atoms with Crippen molar-refractivity contribution >= 4 is 29.3 Å². The minimum atomic E-state index is -0.185. The zero-order valence-corrected chi connectivity index (χ0v) is 21.3. The molecular weight excluding hydrogens is 462 g/mol. The summed E-state index contributed by atoms with van der Waals surface area (Å²) < 4.78 is 10.5. The third-order valence-electron chi connectivity index (χ3n) is 5.13. The number of rotatable bonds is 11. The minimum Gasteiger partial charge on any atom is -0.493 e. The van der Waals surface area contributed by atoms with Crippen LogP contribution in [0.4, 0.5) is 5.69 Å². The molecule has 0 radical (unpaired) electrons. The standard InChI is InChI=1S/C27H31N3O4S/c1-30(2)17-20-11-9-19(10-12-20)16-28-27(32)22-7-5-6-8-25(22)35-18-26(31)29-21-13-14-23(33-3)24(15-21)34-4/h5-15H,16-18H2,1-4H3,(H,28,32)(H,29,31). The van der Waals surface area contributed by atoms with Gasteiger partial charge in [-0.1, -0.05) is 36.4 Å². The fourth-order valence-electron chi connectivity index (χ4n) is 3.44. The van der Waals surface area contributed by atoms with Crippen molar-refractivity contribution in [2.45, 2.75) is 18.0 Å². The summed E-state index contributed by atoms with van der Waals surface area (Å²) >= 11 is 1.32. The van der Waals surface area contributed by atoms with E-state index >= 15 is 0 Å². The smallest absolute Gasteiger partial charge is 0.252 e. The number of amides is 2. The van der Waals surface area contributed by atoms with E-state index in [1.165, 1.54) is 17.3 Å². The van der Waals surface area contributed by atoms with E-state index in [0.717, 1.165) is 17.0 Å². The lowest BCUT2D eigenvalue weighted by Gasteiger charge is -2.12. The van der Waals surface area contributed by atoms with E-state index in [4.69, 9.17) is 9.47 Å². The largest absolute Gasteiger partial charge is 0.493 e. The van der Waals surface area contributed by atoms with Crippen LogP contribution < -0.4 is 20.1 Å². The lowest BCUT2D eigenvalue weighted by atomic mass is 10.1. The Bertz CT molecular complexity index is 1150. The van der Waals surface area contributed by atoms with E-state index in [1.54, 1.807) is 38.5 Å². The molecule has 2 amide bonds. The molecule has 0 aliphatic rings. The number of anilines is 1. The molecule has 0 unspecified atom stereocenters. The molecule has 0 spiro atoms. The fourth-order valence-corrected chi connectivity index (χ4v) is 4.29. The maximum absolute atomic E-state index is 12.9. The summed E-state index contributed by atoms with van der Waals surface area (Å²) in [5.41, 5.74) is 3.40. The Morgan fingerprint density at radius 1 is 0.886 bits per heavy atom. The van der Waals surface area contributed by atoms with Crippen molar-refractivity contribution in [3.8, 4) is 11.5 Å². The van der Waals surface area contributed by atoms with Crippen LogP contribution in [-0.2, 0) is 17.9 Å². The van der Waals surface area contributed by atoms with E-state index in [0.29, 0.717) is 29.3 Å². The van der Waals surface area contributed by atoms with Crippen LogP contribution in [0.3, 0.4) is 0 Å². The van der Waals surface area contributed by atoms with Gasteiger partial charge in [0.25, 0.3) is 5.91 Å². The molecule has 0 fully saturated rings. The highest BCUT2D eigenvalue weighted by Crippen LogP contribution is 2.30. The van der Waals surface area contributed by atoms with Crippen molar-refractivity contribution in [3.05, 3.63) is 83.4 Å². The summed E-state index contributed by atoms with van der Waals surface area (Å²) in [6.45, 7) is 1.30. The number of nitrogens with one attached hydrogen (secondary N) is 2. The number of carbonyl (C=O) groups is 2. The Hall–Kier alpha value is -3.49. The van der Waals surface area contributed by atoms with E-state index in [-0.39, 0.29) is 17.6 Å². The zero-order chi connectivity index (χ0) is 25.2. The predicted molar refractivity (Wildman–Crippen MR) is 140 cm³/mol. The van der Waals surface area contributed by atoms with Crippen molar-refractivity contribution < 1.29 is 19.1 Å². The number of hydrogen-bond acceptors (Lipinski definition) is 6. The first-order valence-electron chi connectivity index (χ1n) is 11.1. The molecular formula is C27H31N3O4S. The highest BCUT2D eigenvalue weighted by atomic mass is 32.2. The van der Waals surface area contributed by atoms with Gasteiger partial charge in [-0.2, -0.15) is 0 Å². The van der Waals surface area contributed by atoms with Gasteiger partial charge in [0.15, 0.2) is 11.5 Å². The van der Waals surface area contributed by atoms with Crippen LogP contribution >= 0.6 is 11.8 Å². The Morgan fingerprint density at radius 3 is 2.26 bits per heavy atom. The predicted octanol–water partition coefficient (Wildman–Crippen LogP) is 4.43.